The van der Waals surface area contributed by atoms with Crippen LogP contribution in [0.2, 0.25) is 0 Å². The van der Waals surface area contributed by atoms with Crippen molar-refractivity contribution in [1.29, 1.82) is 0 Å². The second kappa shape index (κ2) is 10.6. The number of hydrazone groups is 1. The highest BCUT2D eigenvalue weighted by Gasteiger charge is 2.21. The van der Waals surface area contributed by atoms with Crippen LogP contribution in [-0.4, -0.2) is 47.4 Å². The summed E-state index contributed by atoms with van der Waals surface area (Å²) in [4.78, 5) is 13.9. The Bertz CT molecular complexity index is 729. The summed E-state index contributed by atoms with van der Waals surface area (Å²) in [5, 5.41) is 8.37. The first kappa shape index (κ1) is 21.6. The molecule has 0 aromatic heterocycles. The fraction of sp³-hybridized carbons (Fsp3) is 0.591. The number of rotatable bonds is 6. The molecule has 2 fully saturated rings. The molecule has 7 heteroatoms. The Morgan fingerprint density at radius 3 is 2.55 bits per heavy atom. The number of hydrogen-bond acceptors (Lipinski definition) is 4. The molecule has 0 radical (unpaired) electrons. The lowest BCUT2D eigenvalue weighted by Crippen LogP contribution is -2.44. The van der Waals surface area contributed by atoms with E-state index < -0.39 is 0 Å². The van der Waals surface area contributed by atoms with E-state index in [4.69, 9.17) is 17.0 Å². The molecule has 3 rings (SSSR count). The summed E-state index contributed by atoms with van der Waals surface area (Å²) in [6.07, 6.45) is 7.15. The Hall–Kier alpha value is -2.15. The number of ether oxygens (including phenoxy) is 1. The number of amides is 1. The predicted octanol–water partition coefficient (Wildman–Crippen LogP) is 3.45. The number of likely N-dealkylation sites (tertiary alicyclic amines) is 1. The van der Waals surface area contributed by atoms with Gasteiger partial charge in [-0.1, -0.05) is 19.8 Å². The molecule has 1 aliphatic carbocycles. The molecule has 2 atom stereocenters. The third-order valence-electron chi connectivity index (χ3n) is 5.85. The lowest BCUT2D eigenvalue weighted by Gasteiger charge is -2.30. The summed E-state index contributed by atoms with van der Waals surface area (Å²) in [6.45, 7) is 6.00. The fourth-order valence-electron chi connectivity index (χ4n) is 3.93. The average Bonchev–Trinajstić information content (AvgIpc) is 3.27. The van der Waals surface area contributed by atoms with E-state index in [1.807, 2.05) is 36.1 Å². The van der Waals surface area contributed by atoms with Gasteiger partial charge in [-0.25, -0.2) is 0 Å². The van der Waals surface area contributed by atoms with E-state index in [9.17, 15) is 4.79 Å². The van der Waals surface area contributed by atoms with Gasteiger partial charge in [0, 0.05) is 19.1 Å². The van der Waals surface area contributed by atoms with Gasteiger partial charge in [-0.05, 0) is 80.6 Å². The van der Waals surface area contributed by atoms with Gasteiger partial charge >= 0.3 is 0 Å². The molecular formula is C22H32N4O2S. The highest BCUT2D eigenvalue weighted by Crippen LogP contribution is 2.23. The van der Waals surface area contributed by atoms with Gasteiger partial charge in [0.25, 0.3) is 5.91 Å². The van der Waals surface area contributed by atoms with Crippen LogP contribution in [-0.2, 0) is 4.79 Å². The van der Waals surface area contributed by atoms with Gasteiger partial charge < -0.3 is 15.0 Å². The maximum absolute atomic E-state index is 12.1. The van der Waals surface area contributed by atoms with Gasteiger partial charge in [0.05, 0.1) is 5.71 Å². The highest BCUT2D eigenvalue weighted by molar-refractivity contribution is 7.80. The zero-order valence-electron chi connectivity index (χ0n) is 17.4. The molecule has 0 unspecified atom stereocenters. The zero-order chi connectivity index (χ0) is 20.6. The minimum atomic E-state index is 0.0572. The van der Waals surface area contributed by atoms with E-state index in [2.05, 4.69) is 22.8 Å². The summed E-state index contributed by atoms with van der Waals surface area (Å²) < 4.78 is 5.63. The number of benzene rings is 1. The maximum atomic E-state index is 12.1. The van der Waals surface area contributed by atoms with Crippen LogP contribution in [0.4, 0.5) is 0 Å². The highest BCUT2D eigenvalue weighted by atomic mass is 32.1. The summed E-state index contributed by atoms with van der Waals surface area (Å²) in [5.41, 5.74) is 4.78. The van der Waals surface area contributed by atoms with Crippen molar-refractivity contribution in [3.63, 3.8) is 0 Å². The first-order valence-electron chi connectivity index (χ1n) is 10.6. The molecule has 1 aliphatic heterocycles. The quantitative estimate of drug-likeness (QED) is 0.422. The Morgan fingerprint density at radius 2 is 1.86 bits per heavy atom. The van der Waals surface area contributed by atoms with Crippen LogP contribution < -0.4 is 15.5 Å². The van der Waals surface area contributed by atoms with Crippen molar-refractivity contribution in [3.05, 3.63) is 29.8 Å². The minimum absolute atomic E-state index is 0.0572. The molecule has 6 nitrogen and oxygen atoms in total. The molecule has 2 N–H and O–H groups in total. The number of nitrogens with one attached hydrogen (secondary N) is 2. The smallest absolute Gasteiger partial charge is 0.260 e. The maximum Gasteiger partial charge on any atom is 0.260 e. The summed E-state index contributed by atoms with van der Waals surface area (Å²) >= 11 is 5.40. The lowest BCUT2D eigenvalue weighted by molar-refractivity contribution is -0.132. The second-order valence-corrected chi connectivity index (χ2v) is 8.46. The molecule has 158 valence electrons. The van der Waals surface area contributed by atoms with Gasteiger partial charge in [0.15, 0.2) is 11.7 Å². The lowest BCUT2D eigenvalue weighted by atomic mass is 9.86. The van der Waals surface area contributed by atoms with Crippen LogP contribution in [0.15, 0.2) is 29.4 Å². The van der Waals surface area contributed by atoms with E-state index in [1.165, 1.54) is 19.3 Å². The topological polar surface area (TPSA) is 66.0 Å². The molecule has 1 aromatic carbocycles. The number of thiocarbonyl (C=S) groups is 1. The van der Waals surface area contributed by atoms with E-state index in [1.54, 1.807) is 0 Å². The Balaban J connectivity index is 1.45. The Labute approximate surface area is 179 Å². The molecule has 1 amide bonds. The predicted molar refractivity (Wildman–Crippen MR) is 120 cm³/mol. The van der Waals surface area contributed by atoms with Crippen LogP contribution in [0.25, 0.3) is 0 Å². The van der Waals surface area contributed by atoms with Crippen molar-refractivity contribution in [3.8, 4) is 5.75 Å². The third-order valence-corrected chi connectivity index (χ3v) is 6.06. The van der Waals surface area contributed by atoms with Crippen molar-refractivity contribution in [2.24, 2.45) is 11.0 Å². The van der Waals surface area contributed by atoms with E-state index in [-0.39, 0.29) is 12.5 Å². The van der Waals surface area contributed by atoms with E-state index in [0.29, 0.717) is 22.8 Å². The third kappa shape index (κ3) is 6.42. The van der Waals surface area contributed by atoms with Crippen LogP contribution >= 0.6 is 12.2 Å². The van der Waals surface area contributed by atoms with Gasteiger partial charge in [0.2, 0.25) is 0 Å². The van der Waals surface area contributed by atoms with Crippen molar-refractivity contribution < 1.29 is 9.53 Å². The van der Waals surface area contributed by atoms with Gasteiger partial charge in [-0.2, -0.15) is 5.10 Å². The summed E-state index contributed by atoms with van der Waals surface area (Å²) in [6, 6.07) is 8.04. The normalized spacial score (nSPS) is 22.3. The van der Waals surface area contributed by atoms with Crippen LogP contribution in [0.1, 0.15) is 57.9 Å². The summed E-state index contributed by atoms with van der Waals surface area (Å²) in [7, 11) is 0. The molecular weight excluding hydrogens is 384 g/mol. The summed E-state index contributed by atoms with van der Waals surface area (Å²) in [5.74, 6) is 1.38. The zero-order valence-corrected chi connectivity index (χ0v) is 18.3. The number of nitrogens with zero attached hydrogens (tertiary/aromatic N) is 2. The molecule has 1 saturated carbocycles. The molecule has 0 bridgehead atoms. The first-order chi connectivity index (χ1) is 14.0. The SMILES string of the molecule is C/C(=N/NC(=S)N[C@H]1CCCC[C@@H]1C)c1ccc(OCC(=O)N2CCCC2)cc1. The standard InChI is InChI=1S/C22H32N4O2S/c1-16-7-3-4-8-20(16)23-22(29)25-24-17(2)18-9-11-19(12-10-18)28-15-21(27)26-13-5-6-14-26/h9-12,16,20H,3-8,13-15H2,1-2H3,(H2,23,25,29)/b24-17-/t16-,20-/m0/s1. The van der Waals surface area contributed by atoms with Crippen molar-refractivity contribution in [2.45, 2.75) is 58.4 Å². The number of carbonyl (C=O) groups is 1. The fourth-order valence-corrected chi connectivity index (χ4v) is 4.12. The van der Waals surface area contributed by atoms with Crippen LogP contribution in [0.3, 0.4) is 0 Å². The second-order valence-electron chi connectivity index (χ2n) is 8.05. The Kier molecular flexibility index (Phi) is 7.86. The number of carbonyl (C=O) groups excluding carboxylic acids is 1. The molecule has 1 saturated heterocycles. The molecule has 29 heavy (non-hydrogen) atoms. The monoisotopic (exact) mass is 416 g/mol. The molecule has 1 aromatic rings. The van der Waals surface area contributed by atoms with Crippen LogP contribution in [0.5, 0.6) is 5.75 Å². The first-order valence-corrected chi connectivity index (χ1v) is 11.1. The van der Waals surface area contributed by atoms with Crippen molar-refractivity contribution in [1.82, 2.24) is 15.6 Å². The van der Waals surface area contributed by atoms with Gasteiger partial charge in [-0.15, -0.1) is 0 Å². The van der Waals surface area contributed by atoms with Gasteiger partial charge in [-0.3, -0.25) is 10.2 Å². The van der Waals surface area contributed by atoms with Crippen LogP contribution in [0, 0.1) is 5.92 Å². The van der Waals surface area contributed by atoms with Crippen molar-refractivity contribution >= 4 is 28.9 Å². The largest absolute Gasteiger partial charge is 0.484 e. The Morgan fingerprint density at radius 1 is 1.17 bits per heavy atom. The average molecular weight is 417 g/mol. The number of hydrogen-bond donors (Lipinski definition) is 2. The minimum Gasteiger partial charge on any atom is -0.484 e. The molecule has 0 spiro atoms. The van der Waals surface area contributed by atoms with Gasteiger partial charge in [0.1, 0.15) is 5.75 Å². The van der Waals surface area contributed by atoms with E-state index in [0.717, 1.165) is 43.6 Å². The van der Waals surface area contributed by atoms with Crippen molar-refractivity contribution in [2.75, 3.05) is 19.7 Å². The molecule has 1 heterocycles. The van der Waals surface area contributed by atoms with E-state index >= 15 is 0 Å². The molecule has 2 aliphatic rings.